The Morgan fingerprint density at radius 2 is 2.10 bits per heavy atom. The van der Waals surface area contributed by atoms with Gasteiger partial charge in [-0.1, -0.05) is 6.07 Å². The summed E-state index contributed by atoms with van der Waals surface area (Å²) in [6.07, 6.45) is 3.64. The summed E-state index contributed by atoms with van der Waals surface area (Å²) >= 11 is 0. The molecule has 0 aliphatic carbocycles. The molecule has 2 N–H and O–H groups in total. The quantitative estimate of drug-likeness (QED) is 0.880. The Balaban J connectivity index is 2.15. The number of methoxy groups -OCH3 is 1. The van der Waals surface area contributed by atoms with Crippen LogP contribution < -0.4 is 15.2 Å². The zero-order chi connectivity index (χ0) is 14.5. The van der Waals surface area contributed by atoms with E-state index in [2.05, 4.69) is 23.4 Å². The normalized spacial score (nSPS) is 10.8. The first kappa shape index (κ1) is 14.4. The van der Waals surface area contributed by atoms with Gasteiger partial charge in [-0.25, -0.2) is 4.98 Å². The SMILES string of the molecule is COc1ccc(CN)cc1OCc1cncn1C(C)C. The molecule has 0 bridgehead atoms. The molecule has 5 heteroatoms. The molecule has 0 aliphatic rings. The second kappa shape index (κ2) is 6.43. The molecule has 2 aromatic rings. The third-order valence-electron chi connectivity index (χ3n) is 3.14. The fourth-order valence-electron chi connectivity index (χ4n) is 2.02. The second-order valence-electron chi connectivity index (χ2n) is 4.86. The Hall–Kier alpha value is -2.01. The van der Waals surface area contributed by atoms with Gasteiger partial charge in [0.05, 0.1) is 25.3 Å². The fraction of sp³-hybridized carbons (Fsp3) is 0.400. The van der Waals surface area contributed by atoms with Gasteiger partial charge < -0.3 is 19.8 Å². The number of aromatic nitrogens is 2. The zero-order valence-corrected chi connectivity index (χ0v) is 12.2. The summed E-state index contributed by atoms with van der Waals surface area (Å²) < 4.78 is 13.3. The molecule has 0 radical (unpaired) electrons. The third kappa shape index (κ3) is 3.11. The molecule has 0 atom stereocenters. The van der Waals surface area contributed by atoms with Gasteiger partial charge in [0, 0.05) is 12.6 Å². The summed E-state index contributed by atoms with van der Waals surface area (Å²) in [4.78, 5) is 4.16. The molecule has 1 aromatic carbocycles. The van der Waals surface area contributed by atoms with Crippen molar-refractivity contribution < 1.29 is 9.47 Å². The second-order valence-corrected chi connectivity index (χ2v) is 4.86. The van der Waals surface area contributed by atoms with Gasteiger partial charge in [0.1, 0.15) is 6.61 Å². The first-order valence-corrected chi connectivity index (χ1v) is 6.66. The van der Waals surface area contributed by atoms with E-state index in [0.29, 0.717) is 30.7 Å². The maximum absolute atomic E-state index is 5.86. The van der Waals surface area contributed by atoms with E-state index in [0.717, 1.165) is 11.3 Å². The first-order chi connectivity index (χ1) is 9.65. The van der Waals surface area contributed by atoms with Gasteiger partial charge in [-0.15, -0.1) is 0 Å². The van der Waals surface area contributed by atoms with Gasteiger partial charge in [0.15, 0.2) is 11.5 Å². The number of nitrogens with zero attached hydrogens (tertiary/aromatic N) is 2. The lowest BCUT2D eigenvalue weighted by molar-refractivity contribution is 0.273. The lowest BCUT2D eigenvalue weighted by atomic mass is 10.2. The molecular formula is C15H21N3O2. The fourth-order valence-corrected chi connectivity index (χ4v) is 2.02. The van der Waals surface area contributed by atoms with E-state index in [4.69, 9.17) is 15.2 Å². The Morgan fingerprint density at radius 3 is 2.75 bits per heavy atom. The largest absolute Gasteiger partial charge is 0.493 e. The molecule has 1 heterocycles. The highest BCUT2D eigenvalue weighted by Crippen LogP contribution is 2.28. The van der Waals surface area contributed by atoms with Gasteiger partial charge >= 0.3 is 0 Å². The van der Waals surface area contributed by atoms with Crippen LogP contribution in [-0.2, 0) is 13.2 Å². The molecular weight excluding hydrogens is 254 g/mol. The third-order valence-corrected chi connectivity index (χ3v) is 3.14. The standard InChI is InChI=1S/C15H21N3O2/c1-11(2)18-10-17-8-13(18)9-20-15-6-12(7-16)4-5-14(15)19-3/h4-6,8,10-11H,7,9,16H2,1-3H3. The van der Waals surface area contributed by atoms with Gasteiger partial charge in [0.25, 0.3) is 0 Å². The minimum atomic E-state index is 0.355. The predicted octanol–water partition coefficient (Wildman–Crippen LogP) is 2.51. The van der Waals surface area contributed by atoms with Crippen LogP contribution in [-0.4, -0.2) is 16.7 Å². The molecule has 0 amide bonds. The molecule has 0 saturated carbocycles. The van der Waals surface area contributed by atoms with Crippen LogP contribution in [0.5, 0.6) is 11.5 Å². The van der Waals surface area contributed by atoms with Crippen molar-refractivity contribution in [1.29, 1.82) is 0 Å². The van der Waals surface area contributed by atoms with Crippen molar-refractivity contribution in [3.63, 3.8) is 0 Å². The van der Waals surface area contributed by atoms with Crippen LogP contribution in [0.25, 0.3) is 0 Å². The number of imidazole rings is 1. The highest BCUT2D eigenvalue weighted by Gasteiger charge is 2.09. The van der Waals surface area contributed by atoms with Crippen molar-refractivity contribution in [3.8, 4) is 11.5 Å². The molecule has 20 heavy (non-hydrogen) atoms. The van der Waals surface area contributed by atoms with Gasteiger partial charge in [-0.2, -0.15) is 0 Å². The lowest BCUT2D eigenvalue weighted by Crippen LogP contribution is -2.08. The van der Waals surface area contributed by atoms with E-state index in [1.165, 1.54) is 0 Å². The number of nitrogens with two attached hydrogens (primary N) is 1. The van der Waals surface area contributed by atoms with E-state index in [1.54, 1.807) is 7.11 Å². The number of hydrogen-bond donors (Lipinski definition) is 1. The van der Waals surface area contributed by atoms with Crippen molar-refractivity contribution in [2.75, 3.05) is 7.11 Å². The van der Waals surface area contributed by atoms with Crippen LogP contribution in [0.1, 0.15) is 31.1 Å². The summed E-state index contributed by atoms with van der Waals surface area (Å²) in [7, 11) is 1.63. The molecule has 0 saturated heterocycles. The minimum Gasteiger partial charge on any atom is -0.493 e. The van der Waals surface area contributed by atoms with Crippen molar-refractivity contribution in [2.24, 2.45) is 5.73 Å². The van der Waals surface area contributed by atoms with Crippen molar-refractivity contribution in [3.05, 3.63) is 42.0 Å². The van der Waals surface area contributed by atoms with E-state index < -0.39 is 0 Å². The average Bonchev–Trinajstić information content (AvgIpc) is 2.93. The molecule has 1 aromatic heterocycles. The van der Waals surface area contributed by atoms with E-state index in [9.17, 15) is 0 Å². The Morgan fingerprint density at radius 1 is 1.30 bits per heavy atom. The smallest absolute Gasteiger partial charge is 0.162 e. The van der Waals surface area contributed by atoms with Crippen molar-refractivity contribution in [2.45, 2.75) is 33.0 Å². The Bertz CT molecular complexity index is 564. The van der Waals surface area contributed by atoms with Crippen LogP contribution in [0.4, 0.5) is 0 Å². The van der Waals surface area contributed by atoms with E-state index >= 15 is 0 Å². The summed E-state index contributed by atoms with van der Waals surface area (Å²) in [5.74, 6) is 1.41. The molecule has 108 valence electrons. The summed E-state index contributed by atoms with van der Waals surface area (Å²) in [5.41, 5.74) is 7.69. The lowest BCUT2D eigenvalue weighted by Gasteiger charge is -2.14. The van der Waals surface area contributed by atoms with Gasteiger partial charge in [-0.3, -0.25) is 0 Å². The summed E-state index contributed by atoms with van der Waals surface area (Å²) in [6.45, 7) is 5.15. The molecule has 0 unspecified atom stereocenters. The topological polar surface area (TPSA) is 62.3 Å². The van der Waals surface area contributed by atoms with Gasteiger partial charge in [0.2, 0.25) is 0 Å². The molecule has 0 fully saturated rings. The summed E-state index contributed by atoms with van der Waals surface area (Å²) in [6, 6.07) is 6.07. The highest BCUT2D eigenvalue weighted by molar-refractivity contribution is 5.43. The Kier molecular flexibility index (Phi) is 4.63. The van der Waals surface area contributed by atoms with Gasteiger partial charge in [-0.05, 0) is 31.5 Å². The number of rotatable bonds is 6. The summed E-state index contributed by atoms with van der Waals surface area (Å²) in [5, 5.41) is 0. The predicted molar refractivity (Wildman–Crippen MR) is 77.8 cm³/mol. The van der Waals surface area contributed by atoms with Crippen LogP contribution in [0, 0.1) is 0 Å². The van der Waals surface area contributed by atoms with E-state index in [-0.39, 0.29) is 0 Å². The van der Waals surface area contributed by atoms with Crippen molar-refractivity contribution >= 4 is 0 Å². The first-order valence-electron chi connectivity index (χ1n) is 6.66. The monoisotopic (exact) mass is 275 g/mol. The maximum Gasteiger partial charge on any atom is 0.162 e. The van der Waals surface area contributed by atoms with Crippen LogP contribution >= 0.6 is 0 Å². The number of benzene rings is 1. The average molecular weight is 275 g/mol. The van der Waals surface area contributed by atoms with Crippen molar-refractivity contribution in [1.82, 2.24) is 9.55 Å². The zero-order valence-electron chi connectivity index (χ0n) is 12.2. The minimum absolute atomic E-state index is 0.355. The highest BCUT2D eigenvalue weighted by atomic mass is 16.5. The molecule has 0 spiro atoms. The maximum atomic E-state index is 5.86. The molecule has 5 nitrogen and oxygen atoms in total. The number of hydrogen-bond acceptors (Lipinski definition) is 4. The molecule has 0 aliphatic heterocycles. The van der Waals surface area contributed by atoms with Crippen LogP contribution in [0.3, 0.4) is 0 Å². The van der Waals surface area contributed by atoms with Crippen LogP contribution in [0.2, 0.25) is 0 Å². The van der Waals surface area contributed by atoms with Crippen LogP contribution in [0.15, 0.2) is 30.7 Å². The Labute approximate surface area is 119 Å². The molecule has 2 rings (SSSR count). The number of ether oxygens (including phenoxy) is 2. The van der Waals surface area contributed by atoms with E-state index in [1.807, 2.05) is 30.7 Å².